The van der Waals surface area contributed by atoms with Gasteiger partial charge in [0.25, 0.3) is 0 Å². The van der Waals surface area contributed by atoms with E-state index in [1.54, 1.807) is 6.08 Å². The Labute approximate surface area is 334 Å². The smallest absolute Gasteiger partial charge is 0.0541 e. The number of aromatic nitrogens is 2. The molecule has 0 unspecified atom stereocenters. The number of hydrogen-bond acceptors (Lipinski definition) is 0. The molecule has 0 saturated heterocycles. The van der Waals surface area contributed by atoms with Gasteiger partial charge < -0.3 is 9.13 Å². The molecule has 9 rings (SSSR count). The molecule has 0 amide bonds. The summed E-state index contributed by atoms with van der Waals surface area (Å²) < 4.78 is 4.71. The molecule has 0 saturated carbocycles. The van der Waals surface area contributed by atoms with Crippen molar-refractivity contribution in [3.63, 3.8) is 0 Å². The van der Waals surface area contributed by atoms with E-state index in [2.05, 4.69) is 212 Å². The Bertz CT molecular complexity index is 3050. The van der Waals surface area contributed by atoms with E-state index in [0.29, 0.717) is 0 Å². The summed E-state index contributed by atoms with van der Waals surface area (Å²) in [6.45, 7) is 14.2. The van der Waals surface area contributed by atoms with Gasteiger partial charge in [-0.2, -0.15) is 0 Å². The summed E-state index contributed by atoms with van der Waals surface area (Å²) in [6.07, 6.45) is 11.9. The lowest BCUT2D eigenvalue weighted by Crippen LogP contribution is -1.97. The highest BCUT2D eigenvalue weighted by atomic mass is 15.0. The van der Waals surface area contributed by atoms with Gasteiger partial charge in [-0.15, -0.1) is 0 Å². The van der Waals surface area contributed by atoms with Crippen molar-refractivity contribution in [2.24, 2.45) is 0 Å². The van der Waals surface area contributed by atoms with Gasteiger partial charge in [-0.3, -0.25) is 0 Å². The standard InChI is InChI=1S/C55H42N2/c1-5-16-38(7-3)40-26-30-46(31-27-40)56-52(8-4)48(17-6-2)50-36-44(28-32-54(50)56)45-29-33-55-51(37-45)49-24-12-13-25-53(49)57(55)47-23-15-22-43(35-47)42-21-14-20-41(34-42)39-18-10-9-11-19-39/h5-37H,1,3-4H2,2H3/b17-6-,38-16+. The first-order valence-electron chi connectivity index (χ1n) is 19.4. The monoisotopic (exact) mass is 730 g/mol. The number of rotatable bonds is 10. The van der Waals surface area contributed by atoms with E-state index in [1.165, 1.54) is 60.6 Å². The summed E-state index contributed by atoms with van der Waals surface area (Å²) in [7, 11) is 0. The Morgan fingerprint density at radius 2 is 1.07 bits per heavy atom. The van der Waals surface area contributed by atoms with Crippen LogP contribution >= 0.6 is 0 Å². The van der Waals surface area contributed by atoms with Crippen LogP contribution in [0, 0.1) is 0 Å². The second kappa shape index (κ2) is 15.0. The molecule has 0 radical (unpaired) electrons. The van der Waals surface area contributed by atoms with Crippen LogP contribution in [0.25, 0.3) is 95.2 Å². The lowest BCUT2D eigenvalue weighted by atomic mass is 9.99. The third-order valence-electron chi connectivity index (χ3n) is 11.0. The molecule has 0 atom stereocenters. The Balaban J connectivity index is 1.14. The average molecular weight is 731 g/mol. The van der Waals surface area contributed by atoms with E-state index in [9.17, 15) is 0 Å². The molecule has 0 aliphatic heterocycles. The number of hydrogen-bond donors (Lipinski definition) is 0. The van der Waals surface area contributed by atoms with Gasteiger partial charge >= 0.3 is 0 Å². The maximum atomic E-state index is 4.26. The van der Waals surface area contributed by atoms with Gasteiger partial charge in [0, 0.05) is 33.1 Å². The van der Waals surface area contributed by atoms with Crippen LogP contribution in [0.2, 0.25) is 0 Å². The number of nitrogens with zero attached hydrogens (tertiary/aromatic N) is 2. The van der Waals surface area contributed by atoms with Crippen LogP contribution in [0.15, 0.2) is 208 Å². The Hall–Kier alpha value is -7.42. The largest absolute Gasteiger partial charge is 0.309 e. The molecule has 7 aromatic carbocycles. The molecule has 2 nitrogen and oxygen atoms in total. The minimum atomic E-state index is 1.04. The zero-order chi connectivity index (χ0) is 38.9. The van der Waals surface area contributed by atoms with Crippen LogP contribution < -0.4 is 0 Å². The van der Waals surface area contributed by atoms with Gasteiger partial charge in [-0.25, -0.2) is 0 Å². The Morgan fingerprint density at radius 1 is 0.474 bits per heavy atom. The van der Waals surface area contributed by atoms with Crippen molar-refractivity contribution in [1.29, 1.82) is 0 Å². The van der Waals surface area contributed by atoms with Crippen LogP contribution in [0.5, 0.6) is 0 Å². The molecule has 0 N–H and O–H groups in total. The van der Waals surface area contributed by atoms with Crippen molar-refractivity contribution in [3.8, 4) is 44.8 Å². The molecule has 0 fully saturated rings. The lowest BCUT2D eigenvalue weighted by molar-refractivity contribution is 1.10. The molecular weight excluding hydrogens is 689 g/mol. The SMILES string of the molecule is C=C/C=C(\C=C)c1ccc(-n2c(C=C)c(/C=C\C)c3cc(-c4ccc5c(c4)c4ccccc4n5-c4cccc(-c5cccc(-c6ccccc6)c5)c4)ccc32)cc1. The van der Waals surface area contributed by atoms with E-state index < -0.39 is 0 Å². The minimum Gasteiger partial charge on any atom is -0.309 e. The van der Waals surface area contributed by atoms with E-state index in [0.717, 1.165) is 39.3 Å². The molecule has 9 aromatic rings. The normalized spacial score (nSPS) is 11.8. The zero-order valence-electron chi connectivity index (χ0n) is 32.1. The predicted octanol–water partition coefficient (Wildman–Crippen LogP) is 15.2. The predicted molar refractivity (Wildman–Crippen MR) is 247 cm³/mol. The van der Waals surface area contributed by atoms with Crippen LogP contribution in [0.4, 0.5) is 0 Å². The van der Waals surface area contributed by atoms with E-state index >= 15 is 0 Å². The minimum absolute atomic E-state index is 1.04. The maximum Gasteiger partial charge on any atom is 0.0541 e. The molecular formula is C55H42N2. The van der Waals surface area contributed by atoms with E-state index in [1.807, 2.05) is 18.2 Å². The number of allylic oxidation sites excluding steroid dienone is 5. The fourth-order valence-electron chi connectivity index (χ4n) is 8.31. The van der Waals surface area contributed by atoms with Gasteiger partial charge in [-0.05, 0) is 118 Å². The van der Waals surface area contributed by atoms with Gasteiger partial charge in [0.1, 0.15) is 0 Å². The average Bonchev–Trinajstić information content (AvgIpc) is 3.77. The Morgan fingerprint density at radius 3 is 1.77 bits per heavy atom. The van der Waals surface area contributed by atoms with Crippen LogP contribution in [-0.2, 0) is 0 Å². The highest BCUT2D eigenvalue weighted by molar-refractivity contribution is 6.11. The quantitative estimate of drug-likeness (QED) is 0.124. The summed E-state index contributed by atoms with van der Waals surface area (Å²) in [5.74, 6) is 0. The second-order valence-corrected chi connectivity index (χ2v) is 14.3. The topological polar surface area (TPSA) is 9.86 Å². The third-order valence-corrected chi connectivity index (χ3v) is 11.0. The molecule has 2 aromatic heterocycles. The summed E-state index contributed by atoms with van der Waals surface area (Å²) in [4.78, 5) is 0. The second-order valence-electron chi connectivity index (χ2n) is 14.3. The number of benzene rings is 7. The lowest BCUT2D eigenvalue weighted by Gasteiger charge is -2.12. The zero-order valence-corrected chi connectivity index (χ0v) is 32.1. The highest BCUT2D eigenvalue weighted by Gasteiger charge is 2.18. The van der Waals surface area contributed by atoms with Crippen LogP contribution in [0.1, 0.15) is 23.7 Å². The summed E-state index contributed by atoms with van der Waals surface area (Å²) >= 11 is 0. The summed E-state index contributed by atoms with van der Waals surface area (Å²) in [6, 6.07) is 59.4. The van der Waals surface area contributed by atoms with E-state index in [4.69, 9.17) is 0 Å². The molecule has 0 aliphatic rings. The van der Waals surface area contributed by atoms with Gasteiger partial charge in [0.2, 0.25) is 0 Å². The van der Waals surface area contributed by atoms with Gasteiger partial charge in [-0.1, -0.05) is 153 Å². The van der Waals surface area contributed by atoms with Crippen molar-refractivity contribution < 1.29 is 0 Å². The number of para-hydroxylation sites is 1. The molecule has 0 bridgehead atoms. The summed E-state index contributed by atoms with van der Waals surface area (Å²) in [5, 5.41) is 3.63. The molecule has 0 spiro atoms. The number of fused-ring (bicyclic) bond motifs is 4. The molecule has 272 valence electrons. The highest BCUT2D eigenvalue weighted by Crippen LogP contribution is 2.39. The van der Waals surface area contributed by atoms with Crippen molar-refractivity contribution in [2.75, 3.05) is 0 Å². The third kappa shape index (κ3) is 6.28. The fourth-order valence-corrected chi connectivity index (χ4v) is 8.31. The van der Waals surface area contributed by atoms with Crippen molar-refractivity contribution in [1.82, 2.24) is 9.13 Å². The van der Waals surface area contributed by atoms with Crippen molar-refractivity contribution in [3.05, 3.63) is 225 Å². The maximum absolute atomic E-state index is 4.26. The molecule has 2 heterocycles. The van der Waals surface area contributed by atoms with Gasteiger partial charge in [0.05, 0.1) is 22.2 Å². The van der Waals surface area contributed by atoms with Crippen LogP contribution in [-0.4, -0.2) is 9.13 Å². The van der Waals surface area contributed by atoms with Crippen LogP contribution in [0.3, 0.4) is 0 Å². The van der Waals surface area contributed by atoms with E-state index in [-0.39, 0.29) is 0 Å². The first kappa shape index (κ1) is 35.3. The summed E-state index contributed by atoms with van der Waals surface area (Å²) in [5.41, 5.74) is 17.2. The molecule has 0 aliphatic carbocycles. The molecule has 2 heteroatoms. The van der Waals surface area contributed by atoms with Crippen molar-refractivity contribution in [2.45, 2.75) is 6.92 Å². The van der Waals surface area contributed by atoms with Gasteiger partial charge in [0.15, 0.2) is 0 Å². The first-order valence-corrected chi connectivity index (χ1v) is 19.4. The first-order chi connectivity index (χ1) is 28.1. The Kier molecular flexibility index (Phi) is 9.30. The fraction of sp³-hybridized carbons (Fsp3) is 0.0182. The van der Waals surface area contributed by atoms with Crippen molar-refractivity contribution >= 4 is 50.4 Å². The molecule has 57 heavy (non-hydrogen) atoms.